The van der Waals surface area contributed by atoms with Crippen LogP contribution in [0.15, 0.2) is 12.1 Å². The molecule has 1 aromatic carbocycles. The molecule has 2 rings (SSSR count). The summed E-state index contributed by atoms with van der Waals surface area (Å²) in [5.74, 6) is -0.779. The van der Waals surface area contributed by atoms with Gasteiger partial charge < -0.3 is 10.1 Å². The first-order chi connectivity index (χ1) is 8.10. The highest BCUT2D eigenvalue weighted by molar-refractivity contribution is 5.48. The highest BCUT2D eigenvalue weighted by Crippen LogP contribution is 2.28. The van der Waals surface area contributed by atoms with Crippen molar-refractivity contribution >= 4 is 5.69 Å². The smallest absolute Gasteiger partial charge is 0.146 e. The van der Waals surface area contributed by atoms with Crippen LogP contribution in [-0.4, -0.2) is 18.8 Å². The van der Waals surface area contributed by atoms with Gasteiger partial charge in [-0.1, -0.05) is 0 Å². The second-order valence-corrected chi connectivity index (χ2v) is 4.47. The molecule has 0 saturated heterocycles. The van der Waals surface area contributed by atoms with E-state index in [4.69, 9.17) is 4.74 Å². The van der Waals surface area contributed by atoms with Crippen LogP contribution in [0.25, 0.3) is 0 Å². The maximum absolute atomic E-state index is 13.5. The Balaban J connectivity index is 1.94. The molecule has 1 aliphatic rings. The van der Waals surface area contributed by atoms with Crippen molar-refractivity contribution in [2.75, 3.05) is 11.9 Å². The highest BCUT2D eigenvalue weighted by Gasteiger charge is 2.30. The Morgan fingerprint density at radius 2 is 2.00 bits per heavy atom. The number of ether oxygens (including phenoxy) is 1. The molecule has 0 radical (unpaired) electrons. The van der Waals surface area contributed by atoms with Gasteiger partial charge in [-0.25, -0.2) is 8.78 Å². The number of halogens is 2. The largest absolute Gasteiger partial charge is 0.380 e. The first-order valence-corrected chi connectivity index (χ1v) is 5.94. The fourth-order valence-corrected chi connectivity index (χ4v) is 2.03. The predicted molar refractivity (Wildman–Crippen MR) is 63.2 cm³/mol. The summed E-state index contributed by atoms with van der Waals surface area (Å²) >= 11 is 0. The molecule has 0 aromatic heterocycles. The zero-order valence-corrected chi connectivity index (χ0v) is 10.1. The van der Waals surface area contributed by atoms with Crippen LogP contribution in [-0.2, 0) is 4.74 Å². The molecule has 1 saturated carbocycles. The zero-order chi connectivity index (χ0) is 12.4. The van der Waals surface area contributed by atoms with E-state index in [1.54, 1.807) is 6.92 Å². The van der Waals surface area contributed by atoms with Gasteiger partial charge in [0.15, 0.2) is 0 Å². The van der Waals surface area contributed by atoms with Gasteiger partial charge in [0, 0.05) is 18.7 Å². The summed E-state index contributed by atoms with van der Waals surface area (Å²) in [5, 5.41) is 3.01. The van der Waals surface area contributed by atoms with Gasteiger partial charge in [0.1, 0.15) is 11.6 Å². The van der Waals surface area contributed by atoms with Crippen LogP contribution in [0.3, 0.4) is 0 Å². The van der Waals surface area contributed by atoms with E-state index in [1.165, 1.54) is 12.1 Å². The quantitative estimate of drug-likeness (QED) is 0.873. The second-order valence-electron chi connectivity index (χ2n) is 4.47. The summed E-state index contributed by atoms with van der Waals surface area (Å²) in [4.78, 5) is 0. The molecular weight excluding hydrogens is 224 g/mol. The molecule has 2 nitrogen and oxygen atoms in total. The van der Waals surface area contributed by atoms with Crippen LogP contribution in [0.4, 0.5) is 14.5 Å². The molecule has 1 fully saturated rings. The lowest BCUT2D eigenvalue weighted by Crippen LogP contribution is -2.41. The number of anilines is 1. The summed E-state index contributed by atoms with van der Waals surface area (Å²) in [7, 11) is 0. The monoisotopic (exact) mass is 241 g/mol. The van der Waals surface area contributed by atoms with E-state index in [2.05, 4.69) is 5.32 Å². The van der Waals surface area contributed by atoms with Gasteiger partial charge in [0.2, 0.25) is 0 Å². The van der Waals surface area contributed by atoms with E-state index in [1.807, 2.05) is 6.92 Å². The van der Waals surface area contributed by atoms with E-state index in [-0.39, 0.29) is 23.7 Å². The Hall–Kier alpha value is -1.16. The van der Waals surface area contributed by atoms with Crippen molar-refractivity contribution in [3.8, 4) is 0 Å². The lowest BCUT2D eigenvalue weighted by Gasteiger charge is -2.36. The Bertz CT molecular complexity index is 403. The van der Waals surface area contributed by atoms with Gasteiger partial charge >= 0.3 is 0 Å². The summed E-state index contributed by atoms with van der Waals surface area (Å²) in [6, 6.07) is 2.62. The van der Waals surface area contributed by atoms with Crippen molar-refractivity contribution in [3.63, 3.8) is 0 Å². The van der Waals surface area contributed by atoms with Crippen molar-refractivity contribution in [3.05, 3.63) is 29.3 Å². The van der Waals surface area contributed by atoms with E-state index in [0.717, 1.165) is 12.8 Å². The first kappa shape index (κ1) is 12.3. The SMILES string of the molecule is CCOC1CC(Nc2cc(F)c(C)cc2F)C1. The van der Waals surface area contributed by atoms with Crippen LogP contribution in [0, 0.1) is 18.6 Å². The third-order valence-corrected chi connectivity index (χ3v) is 3.11. The number of nitrogens with one attached hydrogen (secondary N) is 1. The molecule has 0 heterocycles. The number of hydrogen-bond acceptors (Lipinski definition) is 2. The average Bonchev–Trinajstić information content (AvgIpc) is 2.22. The van der Waals surface area contributed by atoms with Gasteiger partial charge in [0.05, 0.1) is 11.8 Å². The van der Waals surface area contributed by atoms with Crippen LogP contribution in [0.5, 0.6) is 0 Å². The molecule has 17 heavy (non-hydrogen) atoms. The Kier molecular flexibility index (Phi) is 3.62. The number of aryl methyl sites for hydroxylation is 1. The van der Waals surface area contributed by atoms with Crippen molar-refractivity contribution < 1.29 is 13.5 Å². The molecule has 0 atom stereocenters. The van der Waals surface area contributed by atoms with Crippen molar-refractivity contribution in [1.82, 2.24) is 0 Å². The average molecular weight is 241 g/mol. The summed E-state index contributed by atoms with van der Waals surface area (Å²) in [6.45, 7) is 4.21. The fourth-order valence-electron chi connectivity index (χ4n) is 2.03. The molecule has 0 spiro atoms. The number of hydrogen-bond donors (Lipinski definition) is 1. The first-order valence-electron chi connectivity index (χ1n) is 5.94. The summed E-state index contributed by atoms with van der Waals surface area (Å²) in [6.07, 6.45) is 1.96. The van der Waals surface area contributed by atoms with Crippen molar-refractivity contribution in [2.45, 2.75) is 38.8 Å². The topological polar surface area (TPSA) is 21.3 Å². The molecule has 1 N–H and O–H groups in total. The van der Waals surface area contributed by atoms with E-state index < -0.39 is 5.82 Å². The van der Waals surface area contributed by atoms with Crippen molar-refractivity contribution in [2.24, 2.45) is 0 Å². The molecular formula is C13H17F2NO. The predicted octanol–water partition coefficient (Wildman–Crippen LogP) is 3.25. The second kappa shape index (κ2) is 5.00. The van der Waals surface area contributed by atoms with Crippen LogP contribution < -0.4 is 5.32 Å². The summed E-state index contributed by atoms with van der Waals surface area (Å²) in [5.41, 5.74) is 0.571. The normalized spacial score (nSPS) is 23.3. The minimum absolute atomic E-state index is 0.183. The van der Waals surface area contributed by atoms with Gasteiger partial charge in [-0.2, -0.15) is 0 Å². The summed E-state index contributed by atoms with van der Waals surface area (Å²) < 4.78 is 32.2. The minimum Gasteiger partial charge on any atom is -0.380 e. The van der Waals surface area contributed by atoms with Gasteiger partial charge in [-0.05, 0) is 38.3 Å². The molecule has 4 heteroatoms. The van der Waals surface area contributed by atoms with Gasteiger partial charge in [0.25, 0.3) is 0 Å². The van der Waals surface area contributed by atoms with E-state index in [0.29, 0.717) is 12.2 Å². The highest BCUT2D eigenvalue weighted by atomic mass is 19.1. The maximum atomic E-state index is 13.5. The zero-order valence-electron chi connectivity index (χ0n) is 10.1. The number of rotatable bonds is 4. The molecule has 1 aliphatic carbocycles. The van der Waals surface area contributed by atoms with Gasteiger partial charge in [-0.3, -0.25) is 0 Å². The molecule has 0 amide bonds. The Morgan fingerprint density at radius 3 is 2.65 bits per heavy atom. The lowest BCUT2D eigenvalue weighted by atomic mass is 9.89. The third-order valence-electron chi connectivity index (χ3n) is 3.11. The molecule has 1 aromatic rings. The minimum atomic E-state index is -0.399. The Labute approximate surface area is 100.0 Å². The van der Waals surface area contributed by atoms with Crippen molar-refractivity contribution in [1.29, 1.82) is 0 Å². The third kappa shape index (κ3) is 2.75. The van der Waals surface area contributed by atoms with E-state index >= 15 is 0 Å². The maximum Gasteiger partial charge on any atom is 0.146 e. The lowest BCUT2D eigenvalue weighted by molar-refractivity contribution is 0.00293. The molecule has 0 unspecified atom stereocenters. The fraction of sp³-hybridized carbons (Fsp3) is 0.538. The van der Waals surface area contributed by atoms with E-state index in [9.17, 15) is 8.78 Å². The van der Waals surface area contributed by atoms with Crippen LogP contribution >= 0.6 is 0 Å². The molecule has 0 aliphatic heterocycles. The molecule has 94 valence electrons. The number of benzene rings is 1. The standard InChI is InChI=1S/C13H17F2NO/c1-3-17-10-5-9(6-10)16-13-7-11(14)8(2)4-12(13)15/h4,7,9-10,16H,3,5-6H2,1-2H3. The van der Waals surface area contributed by atoms with Crippen LogP contribution in [0.2, 0.25) is 0 Å². The molecule has 0 bridgehead atoms. The van der Waals surface area contributed by atoms with Crippen LogP contribution in [0.1, 0.15) is 25.3 Å². The van der Waals surface area contributed by atoms with Gasteiger partial charge in [-0.15, -0.1) is 0 Å². The Morgan fingerprint density at radius 1 is 1.29 bits per heavy atom.